The van der Waals surface area contributed by atoms with E-state index in [2.05, 4.69) is 5.32 Å². The molecule has 15 heavy (non-hydrogen) atoms. The number of hydrogen-bond donors (Lipinski definition) is 3. The van der Waals surface area contributed by atoms with Gasteiger partial charge in [0.05, 0.1) is 5.56 Å². The lowest BCUT2D eigenvalue weighted by atomic mass is 10.1. The molecule has 0 unspecified atom stereocenters. The monoisotopic (exact) mass is 228 g/mol. The van der Waals surface area contributed by atoms with Crippen molar-refractivity contribution < 1.29 is 14.7 Å². The third kappa shape index (κ3) is 3.14. The normalized spacial score (nSPS) is 9.67. The van der Waals surface area contributed by atoms with Crippen LogP contribution in [0.25, 0.3) is 0 Å². The fourth-order valence-electron chi connectivity index (χ4n) is 0.976. The molecule has 0 saturated carbocycles. The molecule has 0 radical (unpaired) electrons. The molecule has 0 heterocycles. The first kappa shape index (κ1) is 11.3. The second-order valence-electron chi connectivity index (χ2n) is 2.81. The van der Waals surface area contributed by atoms with Crippen molar-refractivity contribution in [2.75, 3.05) is 12.3 Å². The summed E-state index contributed by atoms with van der Waals surface area (Å²) in [4.78, 5) is 21.6. The molecule has 5 nitrogen and oxygen atoms in total. The van der Waals surface area contributed by atoms with Crippen LogP contribution in [0.3, 0.4) is 0 Å². The molecule has 4 N–H and O–H groups in total. The number of anilines is 1. The van der Waals surface area contributed by atoms with Gasteiger partial charge < -0.3 is 16.2 Å². The number of carbonyl (C=O) groups excluding carboxylic acids is 1. The van der Waals surface area contributed by atoms with E-state index in [1.165, 1.54) is 12.1 Å². The van der Waals surface area contributed by atoms with E-state index in [1.54, 1.807) is 6.07 Å². The molecule has 0 aliphatic heterocycles. The van der Waals surface area contributed by atoms with Gasteiger partial charge in [0, 0.05) is 10.7 Å². The summed E-state index contributed by atoms with van der Waals surface area (Å²) >= 11 is 5.67. The summed E-state index contributed by atoms with van der Waals surface area (Å²) in [5, 5.41) is 10.9. The fourth-order valence-corrected chi connectivity index (χ4v) is 1.15. The van der Waals surface area contributed by atoms with E-state index in [4.69, 9.17) is 22.4 Å². The van der Waals surface area contributed by atoms with Crippen LogP contribution in [0.2, 0.25) is 5.02 Å². The van der Waals surface area contributed by atoms with Crippen molar-refractivity contribution in [2.24, 2.45) is 0 Å². The molecule has 6 heteroatoms. The predicted octanol–water partition coefficient (Wildman–Crippen LogP) is 0.737. The Morgan fingerprint density at radius 1 is 1.47 bits per heavy atom. The van der Waals surface area contributed by atoms with Crippen LogP contribution >= 0.6 is 11.6 Å². The SMILES string of the molecule is Nc1ccc(Cl)cc1C(=O)NCC(=O)O. The summed E-state index contributed by atoms with van der Waals surface area (Å²) in [5.41, 5.74) is 5.95. The van der Waals surface area contributed by atoms with Crippen LogP contribution in [-0.2, 0) is 4.79 Å². The first-order valence-corrected chi connectivity index (χ1v) is 4.43. The van der Waals surface area contributed by atoms with E-state index in [-0.39, 0.29) is 11.3 Å². The minimum absolute atomic E-state index is 0.170. The number of benzene rings is 1. The third-order valence-electron chi connectivity index (χ3n) is 1.66. The minimum atomic E-state index is -1.12. The van der Waals surface area contributed by atoms with Crippen molar-refractivity contribution in [3.05, 3.63) is 28.8 Å². The lowest BCUT2D eigenvalue weighted by Crippen LogP contribution is -2.29. The molecule has 0 fully saturated rings. The Morgan fingerprint density at radius 3 is 2.73 bits per heavy atom. The summed E-state index contributed by atoms with van der Waals surface area (Å²) in [6.45, 7) is -0.454. The highest BCUT2D eigenvalue weighted by Gasteiger charge is 2.10. The largest absolute Gasteiger partial charge is 0.480 e. The molecule has 0 bridgehead atoms. The zero-order valence-electron chi connectivity index (χ0n) is 7.66. The summed E-state index contributed by atoms with van der Waals surface area (Å²) < 4.78 is 0. The van der Waals surface area contributed by atoms with Gasteiger partial charge in [0.15, 0.2) is 0 Å². The summed E-state index contributed by atoms with van der Waals surface area (Å²) in [6, 6.07) is 4.41. The number of nitrogen functional groups attached to an aromatic ring is 1. The van der Waals surface area contributed by atoms with Crippen LogP contribution in [0.1, 0.15) is 10.4 Å². The van der Waals surface area contributed by atoms with Gasteiger partial charge in [0.25, 0.3) is 5.91 Å². The van der Waals surface area contributed by atoms with Crippen LogP contribution in [-0.4, -0.2) is 23.5 Å². The average molecular weight is 229 g/mol. The molecule has 0 saturated heterocycles. The van der Waals surface area contributed by atoms with Crippen molar-refractivity contribution in [3.8, 4) is 0 Å². The highest BCUT2D eigenvalue weighted by molar-refractivity contribution is 6.31. The number of hydrogen-bond acceptors (Lipinski definition) is 3. The van der Waals surface area contributed by atoms with Crippen LogP contribution in [0.4, 0.5) is 5.69 Å². The molecule has 0 aromatic heterocycles. The van der Waals surface area contributed by atoms with Crippen LogP contribution in [0.5, 0.6) is 0 Å². The molecule has 0 atom stereocenters. The van der Waals surface area contributed by atoms with E-state index >= 15 is 0 Å². The quantitative estimate of drug-likeness (QED) is 0.665. The van der Waals surface area contributed by atoms with E-state index in [0.717, 1.165) is 0 Å². The van der Waals surface area contributed by atoms with E-state index in [9.17, 15) is 9.59 Å². The Balaban J connectivity index is 2.81. The maximum atomic E-state index is 11.4. The van der Waals surface area contributed by atoms with Crippen LogP contribution < -0.4 is 11.1 Å². The number of rotatable bonds is 3. The second kappa shape index (κ2) is 4.65. The van der Waals surface area contributed by atoms with Crippen molar-refractivity contribution in [1.82, 2.24) is 5.32 Å². The predicted molar refractivity (Wildman–Crippen MR) is 55.8 cm³/mol. The van der Waals surface area contributed by atoms with Gasteiger partial charge in [-0.2, -0.15) is 0 Å². The van der Waals surface area contributed by atoms with Gasteiger partial charge in [-0.15, -0.1) is 0 Å². The Morgan fingerprint density at radius 2 is 2.13 bits per heavy atom. The van der Waals surface area contributed by atoms with Gasteiger partial charge in [-0.05, 0) is 18.2 Å². The summed E-state index contributed by atoms with van der Waals surface area (Å²) in [5.74, 6) is -1.68. The molecule has 1 amide bonds. The Labute approximate surface area is 90.8 Å². The van der Waals surface area contributed by atoms with Gasteiger partial charge in [0.2, 0.25) is 0 Å². The number of nitrogens with two attached hydrogens (primary N) is 1. The number of carboxylic acid groups (broad SMARTS) is 1. The van der Waals surface area contributed by atoms with Gasteiger partial charge in [0.1, 0.15) is 6.54 Å². The Hall–Kier alpha value is -1.75. The fraction of sp³-hybridized carbons (Fsp3) is 0.111. The molecular weight excluding hydrogens is 220 g/mol. The molecule has 1 rings (SSSR count). The molecule has 1 aromatic rings. The standard InChI is InChI=1S/C9H9ClN2O3/c10-5-1-2-7(11)6(3-5)9(15)12-4-8(13)14/h1-3H,4,11H2,(H,12,15)(H,13,14). The number of aliphatic carboxylic acids is 1. The van der Waals surface area contributed by atoms with Crippen LogP contribution in [0.15, 0.2) is 18.2 Å². The van der Waals surface area contributed by atoms with Gasteiger partial charge >= 0.3 is 5.97 Å². The van der Waals surface area contributed by atoms with E-state index < -0.39 is 18.4 Å². The highest BCUT2D eigenvalue weighted by Crippen LogP contribution is 2.17. The number of amides is 1. The van der Waals surface area contributed by atoms with Crippen molar-refractivity contribution in [1.29, 1.82) is 0 Å². The van der Waals surface area contributed by atoms with Gasteiger partial charge in [-0.25, -0.2) is 0 Å². The number of carboxylic acids is 1. The van der Waals surface area contributed by atoms with Crippen molar-refractivity contribution in [2.45, 2.75) is 0 Å². The lowest BCUT2D eigenvalue weighted by Gasteiger charge is -2.05. The summed E-state index contributed by atoms with van der Waals surface area (Å²) in [7, 11) is 0. The van der Waals surface area contributed by atoms with E-state index in [0.29, 0.717) is 5.02 Å². The highest BCUT2D eigenvalue weighted by atomic mass is 35.5. The topological polar surface area (TPSA) is 92.4 Å². The smallest absolute Gasteiger partial charge is 0.322 e. The molecule has 80 valence electrons. The number of halogens is 1. The molecule has 0 aliphatic rings. The molecule has 0 aliphatic carbocycles. The van der Waals surface area contributed by atoms with Gasteiger partial charge in [-0.1, -0.05) is 11.6 Å². The molecular formula is C9H9ClN2O3. The molecule has 0 spiro atoms. The Kier molecular flexibility index (Phi) is 3.51. The first-order chi connectivity index (χ1) is 7.00. The maximum absolute atomic E-state index is 11.4. The molecule has 1 aromatic carbocycles. The zero-order valence-corrected chi connectivity index (χ0v) is 8.41. The van der Waals surface area contributed by atoms with Crippen molar-refractivity contribution >= 4 is 29.2 Å². The maximum Gasteiger partial charge on any atom is 0.322 e. The minimum Gasteiger partial charge on any atom is -0.480 e. The van der Waals surface area contributed by atoms with Gasteiger partial charge in [-0.3, -0.25) is 9.59 Å². The number of carbonyl (C=O) groups is 2. The van der Waals surface area contributed by atoms with Crippen LogP contribution in [0, 0.1) is 0 Å². The third-order valence-corrected chi connectivity index (χ3v) is 1.90. The zero-order chi connectivity index (χ0) is 11.4. The second-order valence-corrected chi connectivity index (χ2v) is 3.24. The Bertz CT molecular complexity index is 406. The van der Waals surface area contributed by atoms with Crippen molar-refractivity contribution in [3.63, 3.8) is 0 Å². The van der Waals surface area contributed by atoms with E-state index in [1.807, 2.05) is 0 Å². The number of nitrogens with one attached hydrogen (secondary N) is 1. The summed E-state index contributed by atoms with van der Waals surface area (Å²) in [6.07, 6.45) is 0. The first-order valence-electron chi connectivity index (χ1n) is 4.05. The lowest BCUT2D eigenvalue weighted by molar-refractivity contribution is -0.135. The average Bonchev–Trinajstić information content (AvgIpc) is 2.18.